The molecule has 108 valence electrons. The van der Waals surface area contributed by atoms with E-state index in [1.807, 2.05) is 12.1 Å². The van der Waals surface area contributed by atoms with Crippen molar-refractivity contribution >= 4 is 17.3 Å². The second-order valence-corrected chi connectivity index (χ2v) is 4.82. The van der Waals surface area contributed by atoms with Gasteiger partial charge >= 0.3 is 5.97 Å². The molecular weight excluding hydrogens is 264 g/mol. The number of aryl methyl sites for hydroxylation is 1. The van der Waals surface area contributed by atoms with Gasteiger partial charge in [-0.25, -0.2) is 4.79 Å². The van der Waals surface area contributed by atoms with Gasteiger partial charge in [-0.2, -0.15) is 10.2 Å². The van der Waals surface area contributed by atoms with E-state index in [1.165, 1.54) is 30.5 Å². The van der Waals surface area contributed by atoms with Gasteiger partial charge in [0.1, 0.15) is 0 Å². The maximum atomic E-state index is 10.7. The zero-order valence-electron chi connectivity index (χ0n) is 12.0. The highest BCUT2D eigenvalue weighted by Crippen LogP contribution is 2.19. The molecule has 0 aliphatic heterocycles. The molecule has 0 amide bonds. The van der Waals surface area contributed by atoms with Gasteiger partial charge in [0.05, 0.1) is 16.9 Å². The van der Waals surface area contributed by atoms with Crippen molar-refractivity contribution < 1.29 is 9.90 Å². The Labute approximate surface area is 124 Å². The summed E-state index contributed by atoms with van der Waals surface area (Å²) in [6.45, 7) is 2.18. The number of rotatable bonds is 6. The monoisotopic (exact) mass is 282 g/mol. The van der Waals surface area contributed by atoms with Gasteiger partial charge in [0.2, 0.25) is 0 Å². The SMILES string of the molecule is CCCCc1ccc(N=Nc2ccc(C(=O)O)cc2)cc1. The van der Waals surface area contributed by atoms with Crippen LogP contribution in [0.4, 0.5) is 11.4 Å². The fourth-order valence-electron chi connectivity index (χ4n) is 1.90. The van der Waals surface area contributed by atoms with Gasteiger partial charge in [0.15, 0.2) is 0 Å². The average Bonchev–Trinajstić information content (AvgIpc) is 2.52. The van der Waals surface area contributed by atoms with Crippen molar-refractivity contribution in [3.8, 4) is 0 Å². The van der Waals surface area contributed by atoms with Crippen LogP contribution in [0.2, 0.25) is 0 Å². The van der Waals surface area contributed by atoms with Crippen molar-refractivity contribution in [2.24, 2.45) is 10.2 Å². The molecule has 0 heterocycles. The van der Waals surface area contributed by atoms with E-state index in [4.69, 9.17) is 5.11 Å². The molecule has 0 bridgehead atoms. The first-order chi connectivity index (χ1) is 10.2. The van der Waals surface area contributed by atoms with Crippen LogP contribution in [0.5, 0.6) is 0 Å². The smallest absolute Gasteiger partial charge is 0.335 e. The molecular formula is C17H18N2O2. The summed E-state index contributed by atoms with van der Waals surface area (Å²) in [5.74, 6) is -0.943. The number of carbonyl (C=O) groups is 1. The lowest BCUT2D eigenvalue weighted by Gasteiger charge is -1.99. The second kappa shape index (κ2) is 7.33. The third kappa shape index (κ3) is 4.53. The molecule has 0 aromatic heterocycles. The van der Waals surface area contributed by atoms with Crippen molar-refractivity contribution in [2.75, 3.05) is 0 Å². The molecule has 0 radical (unpaired) electrons. The molecule has 2 rings (SSSR count). The molecule has 2 aromatic carbocycles. The lowest BCUT2D eigenvalue weighted by molar-refractivity contribution is 0.0697. The lowest BCUT2D eigenvalue weighted by Crippen LogP contribution is -1.93. The zero-order chi connectivity index (χ0) is 15.1. The Bertz CT molecular complexity index is 616. The third-order valence-corrected chi connectivity index (χ3v) is 3.15. The minimum Gasteiger partial charge on any atom is -0.478 e. The van der Waals surface area contributed by atoms with Crippen molar-refractivity contribution in [1.29, 1.82) is 0 Å². The van der Waals surface area contributed by atoms with Gasteiger partial charge in [0.25, 0.3) is 0 Å². The van der Waals surface area contributed by atoms with Crippen molar-refractivity contribution in [3.05, 3.63) is 59.7 Å². The Kier molecular flexibility index (Phi) is 5.21. The van der Waals surface area contributed by atoms with Crippen molar-refractivity contribution in [2.45, 2.75) is 26.2 Å². The number of benzene rings is 2. The van der Waals surface area contributed by atoms with Crippen LogP contribution in [0.15, 0.2) is 58.8 Å². The van der Waals surface area contributed by atoms with E-state index >= 15 is 0 Å². The zero-order valence-corrected chi connectivity index (χ0v) is 12.0. The summed E-state index contributed by atoms with van der Waals surface area (Å²) in [5.41, 5.74) is 2.98. The van der Waals surface area contributed by atoms with E-state index in [-0.39, 0.29) is 5.56 Å². The molecule has 0 aliphatic rings. The summed E-state index contributed by atoms with van der Waals surface area (Å²) in [5, 5.41) is 17.1. The molecule has 4 heteroatoms. The molecule has 0 unspecified atom stereocenters. The minimum atomic E-state index is -0.943. The lowest BCUT2D eigenvalue weighted by atomic mass is 10.1. The molecule has 21 heavy (non-hydrogen) atoms. The standard InChI is InChI=1S/C17H18N2O2/c1-2-3-4-13-5-9-15(10-6-13)18-19-16-11-7-14(8-12-16)17(20)21/h5-12H,2-4H2,1H3,(H,20,21). The first-order valence-corrected chi connectivity index (χ1v) is 7.03. The number of azo groups is 1. The first-order valence-electron chi connectivity index (χ1n) is 7.03. The summed E-state index contributed by atoms with van der Waals surface area (Å²) in [4.78, 5) is 10.7. The Morgan fingerprint density at radius 1 is 0.952 bits per heavy atom. The van der Waals surface area contributed by atoms with Crippen LogP contribution in [0.1, 0.15) is 35.7 Å². The minimum absolute atomic E-state index is 0.245. The predicted octanol–water partition coefficient (Wildman–Crippen LogP) is 5.14. The summed E-state index contributed by atoms with van der Waals surface area (Å²) >= 11 is 0. The molecule has 0 saturated carbocycles. The highest BCUT2D eigenvalue weighted by Gasteiger charge is 2.00. The highest BCUT2D eigenvalue weighted by atomic mass is 16.4. The van der Waals surface area contributed by atoms with Crippen LogP contribution in [-0.2, 0) is 6.42 Å². The molecule has 0 fully saturated rings. The predicted molar refractivity (Wildman–Crippen MR) is 82.6 cm³/mol. The van der Waals surface area contributed by atoms with Gasteiger partial charge in [0, 0.05) is 0 Å². The number of nitrogens with zero attached hydrogens (tertiary/aromatic N) is 2. The van der Waals surface area contributed by atoms with Gasteiger partial charge in [-0.05, 0) is 54.8 Å². The normalized spacial score (nSPS) is 10.9. The number of hydrogen-bond acceptors (Lipinski definition) is 3. The molecule has 2 aromatic rings. The second-order valence-electron chi connectivity index (χ2n) is 4.82. The number of carboxylic acid groups (broad SMARTS) is 1. The number of aromatic carboxylic acids is 1. The van der Waals surface area contributed by atoms with Gasteiger partial charge in [-0.15, -0.1) is 0 Å². The van der Waals surface area contributed by atoms with E-state index in [0.29, 0.717) is 5.69 Å². The Hall–Kier alpha value is -2.49. The molecule has 0 saturated heterocycles. The largest absolute Gasteiger partial charge is 0.478 e. The Morgan fingerprint density at radius 2 is 1.48 bits per heavy atom. The quantitative estimate of drug-likeness (QED) is 0.745. The molecule has 0 spiro atoms. The van der Waals surface area contributed by atoms with E-state index < -0.39 is 5.97 Å². The summed E-state index contributed by atoms with van der Waals surface area (Å²) in [6, 6.07) is 14.3. The van der Waals surface area contributed by atoms with Gasteiger partial charge < -0.3 is 5.11 Å². The van der Waals surface area contributed by atoms with Gasteiger partial charge in [-0.3, -0.25) is 0 Å². The van der Waals surface area contributed by atoms with E-state index in [9.17, 15) is 4.79 Å². The van der Waals surface area contributed by atoms with E-state index in [0.717, 1.165) is 12.1 Å². The fourth-order valence-corrected chi connectivity index (χ4v) is 1.90. The molecule has 0 atom stereocenters. The maximum absolute atomic E-state index is 10.7. The van der Waals surface area contributed by atoms with Gasteiger partial charge in [-0.1, -0.05) is 25.5 Å². The third-order valence-electron chi connectivity index (χ3n) is 3.15. The number of carboxylic acids is 1. The summed E-state index contributed by atoms with van der Waals surface area (Å²) in [7, 11) is 0. The average molecular weight is 282 g/mol. The maximum Gasteiger partial charge on any atom is 0.335 e. The van der Waals surface area contributed by atoms with Crippen LogP contribution in [0, 0.1) is 0 Å². The first kappa shape index (κ1) is 14.9. The van der Waals surface area contributed by atoms with Crippen LogP contribution < -0.4 is 0 Å². The van der Waals surface area contributed by atoms with Crippen molar-refractivity contribution in [1.82, 2.24) is 0 Å². The van der Waals surface area contributed by atoms with Crippen LogP contribution in [0.25, 0.3) is 0 Å². The molecule has 1 N–H and O–H groups in total. The Balaban J connectivity index is 2.01. The van der Waals surface area contributed by atoms with Crippen molar-refractivity contribution in [3.63, 3.8) is 0 Å². The summed E-state index contributed by atoms with van der Waals surface area (Å²) < 4.78 is 0. The topological polar surface area (TPSA) is 62.0 Å². The van der Waals surface area contributed by atoms with E-state index in [1.54, 1.807) is 12.1 Å². The Morgan fingerprint density at radius 3 is 1.95 bits per heavy atom. The van der Waals surface area contributed by atoms with E-state index in [2.05, 4.69) is 29.3 Å². The van der Waals surface area contributed by atoms with Crippen LogP contribution >= 0.6 is 0 Å². The molecule has 0 aliphatic carbocycles. The fraction of sp³-hybridized carbons (Fsp3) is 0.235. The summed E-state index contributed by atoms with van der Waals surface area (Å²) in [6.07, 6.45) is 3.47. The number of hydrogen-bond donors (Lipinski definition) is 1. The van der Waals surface area contributed by atoms with Crippen LogP contribution in [0.3, 0.4) is 0 Å². The molecule has 4 nitrogen and oxygen atoms in total. The highest BCUT2D eigenvalue weighted by molar-refractivity contribution is 5.87. The van der Waals surface area contributed by atoms with Crippen LogP contribution in [-0.4, -0.2) is 11.1 Å². The number of unbranched alkanes of at least 4 members (excludes halogenated alkanes) is 1.